The molecule has 3 unspecified atom stereocenters. The molecule has 1 saturated carbocycles. The maximum atomic E-state index is 12.1. The molecular formula is C18H23N5O2. The van der Waals surface area contributed by atoms with E-state index in [0.29, 0.717) is 36.2 Å². The summed E-state index contributed by atoms with van der Waals surface area (Å²) in [6.07, 6.45) is 9.03. The second-order valence-corrected chi connectivity index (χ2v) is 6.96. The van der Waals surface area contributed by atoms with Gasteiger partial charge in [-0.15, -0.1) is 15.3 Å². The number of nitrogens with zero attached hydrogens (tertiary/aromatic N) is 4. The second kappa shape index (κ2) is 6.82. The minimum Gasteiger partial charge on any atom is -0.480 e. The number of amides is 1. The molecule has 2 bridgehead atoms. The number of ether oxygens (including phenoxy) is 1. The molecule has 4 rings (SSSR count). The van der Waals surface area contributed by atoms with Crippen LogP contribution in [0.15, 0.2) is 24.3 Å². The van der Waals surface area contributed by atoms with Crippen LogP contribution in [0, 0.1) is 17.8 Å². The first-order valence-electron chi connectivity index (χ1n) is 8.93. The van der Waals surface area contributed by atoms with E-state index in [9.17, 15) is 4.79 Å². The Morgan fingerprint density at radius 1 is 1.32 bits per heavy atom. The minimum atomic E-state index is 0.117. The van der Waals surface area contributed by atoms with E-state index in [0.717, 1.165) is 24.7 Å². The standard InChI is InChI=1S/C18H23N5O2/c1-25-18-8-7-16-21-20-15(23(16)22-18)3-2-4-17(24)19-11-14-10-12-5-6-13(14)9-12/h5-8,12-14H,2-4,9-11H2,1H3,(H,19,24). The zero-order chi connectivity index (χ0) is 17.2. The molecule has 7 heteroatoms. The van der Waals surface area contributed by atoms with Gasteiger partial charge in [0.2, 0.25) is 11.8 Å². The van der Waals surface area contributed by atoms with E-state index in [1.165, 1.54) is 12.8 Å². The van der Waals surface area contributed by atoms with Gasteiger partial charge in [0.25, 0.3) is 0 Å². The van der Waals surface area contributed by atoms with Gasteiger partial charge in [0.05, 0.1) is 7.11 Å². The van der Waals surface area contributed by atoms with Crippen molar-refractivity contribution >= 4 is 11.6 Å². The van der Waals surface area contributed by atoms with Crippen LogP contribution in [0.3, 0.4) is 0 Å². The normalized spacial score (nSPS) is 24.1. The Morgan fingerprint density at radius 2 is 2.24 bits per heavy atom. The second-order valence-electron chi connectivity index (χ2n) is 6.96. The van der Waals surface area contributed by atoms with Crippen molar-refractivity contribution in [1.29, 1.82) is 0 Å². The lowest BCUT2D eigenvalue weighted by Crippen LogP contribution is -2.30. The zero-order valence-electron chi connectivity index (χ0n) is 14.4. The van der Waals surface area contributed by atoms with E-state index < -0.39 is 0 Å². The highest BCUT2D eigenvalue weighted by atomic mass is 16.5. The van der Waals surface area contributed by atoms with Gasteiger partial charge in [0.1, 0.15) is 0 Å². The summed E-state index contributed by atoms with van der Waals surface area (Å²) < 4.78 is 6.81. The fourth-order valence-corrected chi connectivity index (χ4v) is 3.95. The average molecular weight is 341 g/mol. The largest absolute Gasteiger partial charge is 0.480 e. The van der Waals surface area contributed by atoms with Gasteiger partial charge in [-0.25, -0.2) is 0 Å². The summed E-state index contributed by atoms with van der Waals surface area (Å²) in [5, 5.41) is 15.7. The SMILES string of the molecule is COc1ccc2nnc(CCCC(=O)NCC3CC4C=CC3C4)n2n1. The van der Waals surface area contributed by atoms with Crippen molar-refractivity contribution in [3.8, 4) is 5.88 Å². The predicted molar refractivity (Wildman–Crippen MR) is 92.1 cm³/mol. The number of methoxy groups -OCH3 is 1. The van der Waals surface area contributed by atoms with Crippen LogP contribution in [0.25, 0.3) is 5.65 Å². The van der Waals surface area contributed by atoms with E-state index in [-0.39, 0.29) is 5.91 Å². The average Bonchev–Trinajstić information content (AvgIpc) is 3.35. The van der Waals surface area contributed by atoms with Crippen molar-refractivity contribution in [2.24, 2.45) is 17.8 Å². The van der Waals surface area contributed by atoms with Gasteiger partial charge in [-0.1, -0.05) is 12.2 Å². The number of fused-ring (bicyclic) bond motifs is 3. The van der Waals surface area contributed by atoms with E-state index in [4.69, 9.17) is 4.74 Å². The molecule has 0 radical (unpaired) electrons. The molecule has 1 fully saturated rings. The maximum Gasteiger partial charge on any atom is 0.231 e. The molecule has 2 aromatic rings. The molecule has 2 aromatic heterocycles. The number of carbonyl (C=O) groups excluding carboxylic acids is 1. The lowest BCUT2D eigenvalue weighted by atomic mass is 9.93. The van der Waals surface area contributed by atoms with Crippen LogP contribution in [0.5, 0.6) is 5.88 Å². The molecule has 3 atom stereocenters. The molecule has 0 aromatic carbocycles. The van der Waals surface area contributed by atoms with Crippen molar-refractivity contribution in [3.05, 3.63) is 30.1 Å². The molecule has 2 aliphatic rings. The van der Waals surface area contributed by atoms with Crippen molar-refractivity contribution in [3.63, 3.8) is 0 Å². The first kappa shape index (κ1) is 16.1. The van der Waals surface area contributed by atoms with Gasteiger partial charge in [-0.05, 0) is 43.1 Å². The quantitative estimate of drug-likeness (QED) is 0.777. The number of rotatable bonds is 7. The van der Waals surface area contributed by atoms with E-state index in [1.54, 1.807) is 17.7 Å². The summed E-state index contributed by atoms with van der Waals surface area (Å²) >= 11 is 0. The Kier molecular flexibility index (Phi) is 4.38. The molecule has 2 aliphatic carbocycles. The van der Waals surface area contributed by atoms with Gasteiger partial charge >= 0.3 is 0 Å². The number of aryl methyl sites for hydroxylation is 1. The fraction of sp³-hybridized carbons (Fsp3) is 0.556. The lowest BCUT2D eigenvalue weighted by molar-refractivity contribution is -0.121. The monoisotopic (exact) mass is 341 g/mol. The van der Waals surface area contributed by atoms with Crippen LogP contribution >= 0.6 is 0 Å². The van der Waals surface area contributed by atoms with Crippen LogP contribution < -0.4 is 10.1 Å². The van der Waals surface area contributed by atoms with E-state index in [2.05, 4.69) is 32.8 Å². The van der Waals surface area contributed by atoms with Crippen LogP contribution in [-0.4, -0.2) is 39.4 Å². The fourth-order valence-electron chi connectivity index (χ4n) is 3.95. The summed E-state index contributed by atoms with van der Waals surface area (Å²) in [4.78, 5) is 12.1. The number of nitrogens with one attached hydrogen (secondary N) is 1. The molecule has 0 saturated heterocycles. The highest BCUT2D eigenvalue weighted by Crippen LogP contribution is 2.42. The molecule has 25 heavy (non-hydrogen) atoms. The highest BCUT2D eigenvalue weighted by molar-refractivity contribution is 5.75. The molecule has 0 aliphatic heterocycles. The van der Waals surface area contributed by atoms with Crippen LogP contribution in [0.2, 0.25) is 0 Å². The van der Waals surface area contributed by atoms with Gasteiger partial charge in [0.15, 0.2) is 11.5 Å². The van der Waals surface area contributed by atoms with Crippen LogP contribution in [0.4, 0.5) is 0 Å². The van der Waals surface area contributed by atoms with Gasteiger partial charge in [0, 0.05) is 25.5 Å². The van der Waals surface area contributed by atoms with E-state index >= 15 is 0 Å². The smallest absolute Gasteiger partial charge is 0.231 e. The molecular weight excluding hydrogens is 318 g/mol. The Labute approximate surface area is 146 Å². The Balaban J connectivity index is 1.25. The van der Waals surface area contributed by atoms with Crippen LogP contribution in [0.1, 0.15) is 31.5 Å². The highest BCUT2D eigenvalue weighted by Gasteiger charge is 2.35. The first-order chi connectivity index (χ1) is 12.2. The third-order valence-electron chi connectivity index (χ3n) is 5.29. The van der Waals surface area contributed by atoms with Gasteiger partial charge < -0.3 is 10.1 Å². The Bertz CT molecular complexity index is 800. The van der Waals surface area contributed by atoms with Crippen molar-refractivity contribution in [1.82, 2.24) is 25.1 Å². The molecule has 1 amide bonds. The molecule has 2 heterocycles. The zero-order valence-corrected chi connectivity index (χ0v) is 14.4. The summed E-state index contributed by atoms with van der Waals surface area (Å²) in [6.45, 7) is 0.803. The Morgan fingerprint density at radius 3 is 3.00 bits per heavy atom. The molecule has 132 valence electrons. The van der Waals surface area contributed by atoms with Gasteiger partial charge in [-0.2, -0.15) is 4.52 Å². The predicted octanol–water partition coefficient (Wildman–Crippen LogP) is 1.78. The van der Waals surface area contributed by atoms with Crippen LogP contribution in [-0.2, 0) is 11.2 Å². The van der Waals surface area contributed by atoms with Crippen molar-refractivity contribution in [2.45, 2.75) is 32.1 Å². The Hall–Kier alpha value is -2.44. The number of allylic oxidation sites excluding steroid dienone is 2. The molecule has 7 nitrogen and oxygen atoms in total. The number of carbonyl (C=O) groups is 1. The van der Waals surface area contributed by atoms with E-state index in [1.807, 2.05) is 6.07 Å². The summed E-state index contributed by atoms with van der Waals surface area (Å²) in [7, 11) is 1.58. The van der Waals surface area contributed by atoms with Crippen molar-refractivity contribution in [2.75, 3.05) is 13.7 Å². The van der Waals surface area contributed by atoms with Crippen molar-refractivity contribution < 1.29 is 9.53 Å². The summed E-state index contributed by atoms with van der Waals surface area (Å²) in [5.41, 5.74) is 0.685. The molecule has 0 spiro atoms. The third kappa shape index (κ3) is 3.36. The minimum absolute atomic E-state index is 0.117. The number of hydrogen-bond donors (Lipinski definition) is 1. The number of aromatic nitrogens is 4. The summed E-state index contributed by atoms with van der Waals surface area (Å²) in [5.74, 6) is 3.43. The first-order valence-corrected chi connectivity index (χ1v) is 8.93. The summed E-state index contributed by atoms with van der Waals surface area (Å²) in [6, 6.07) is 3.57. The topological polar surface area (TPSA) is 81.4 Å². The van der Waals surface area contributed by atoms with Gasteiger partial charge in [-0.3, -0.25) is 4.79 Å². The number of hydrogen-bond acceptors (Lipinski definition) is 5. The maximum absolute atomic E-state index is 12.1. The lowest BCUT2D eigenvalue weighted by Gasteiger charge is -2.18. The third-order valence-corrected chi connectivity index (χ3v) is 5.29. The molecule has 1 N–H and O–H groups in total.